The number of benzene rings is 1. The van der Waals surface area contributed by atoms with E-state index in [-0.39, 0.29) is 0 Å². The van der Waals surface area contributed by atoms with Crippen LogP contribution in [0.4, 0.5) is 17.6 Å². The Morgan fingerprint density at radius 2 is 1.25 bits per heavy atom. The molecule has 16 heavy (non-hydrogen) atoms. The third-order valence-electron chi connectivity index (χ3n) is 1.83. The second-order valence-electron chi connectivity index (χ2n) is 2.87. The number of ketones is 1. The molecule has 0 amide bonds. The quantitative estimate of drug-likeness (QED) is 0.370. The molecule has 0 aliphatic rings. The molecule has 0 aromatic heterocycles. The molecule has 0 fully saturated rings. The van der Waals surface area contributed by atoms with Gasteiger partial charge < -0.3 is 5.11 Å². The average Bonchev–Trinajstić information content (AvgIpc) is 2.18. The van der Waals surface area contributed by atoms with Crippen molar-refractivity contribution in [1.82, 2.24) is 0 Å². The second-order valence-corrected chi connectivity index (χ2v) is 2.87. The molecule has 0 aliphatic heterocycles. The Morgan fingerprint density at radius 1 is 0.875 bits per heavy atom. The first-order valence-corrected chi connectivity index (χ1v) is 3.89. The van der Waals surface area contributed by atoms with E-state index in [0.29, 0.717) is 6.92 Å². The first-order chi connectivity index (χ1) is 7.29. The standard InChI is InChI=1S/C9H4F4O3/c1-2(14)3-4(9(15)16)6(11)8(13)7(12)5(3)10/h1H3,(H,15,16). The summed E-state index contributed by atoms with van der Waals surface area (Å²) in [4.78, 5) is 21.4. The summed E-state index contributed by atoms with van der Waals surface area (Å²) in [6.07, 6.45) is 0. The number of halogens is 4. The molecular formula is C9H4F4O3. The van der Waals surface area contributed by atoms with E-state index in [1.165, 1.54) is 0 Å². The minimum atomic E-state index is -2.26. The minimum Gasteiger partial charge on any atom is -0.478 e. The Hall–Kier alpha value is -1.92. The molecule has 0 saturated heterocycles. The molecule has 0 aliphatic carbocycles. The van der Waals surface area contributed by atoms with Crippen molar-refractivity contribution >= 4 is 11.8 Å². The van der Waals surface area contributed by atoms with Crippen LogP contribution in [0.15, 0.2) is 0 Å². The molecule has 1 aromatic carbocycles. The van der Waals surface area contributed by atoms with Gasteiger partial charge in [-0.1, -0.05) is 0 Å². The SMILES string of the molecule is CC(=O)c1c(F)c(F)c(F)c(F)c1C(=O)O. The van der Waals surface area contributed by atoms with Gasteiger partial charge in [-0.3, -0.25) is 4.79 Å². The Kier molecular flexibility index (Phi) is 2.97. The molecule has 1 N–H and O–H groups in total. The monoisotopic (exact) mass is 236 g/mol. The van der Waals surface area contributed by atoms with Crippen molar-refractivity contribution in [3.8, 4) is 0 Å². The van der Waals surface area contributed by atoms with Crippen molar-refractivity contribution in [3.63, 3.8) is 0 Å². The number of carbonyl (C=O) groups is 2. The Balaban J connectivity index is 3.83. The van der Waals surface area contributed by atoms with Crippen LogP contribution < -0.4 is 0 Å². The van der Waals surface area contributed by atoms with Crippen LogP contribution >= 0.6 is 0 Å². The van der Waals surface area contributed by atoms with Gasteiger partial charge in [0.15, 0.2) is 29.1 Å². The van der Waals surface area contributed by atoms with E-state index in [9.17, 15) is 27.2 Å². The number of Topliss-reactive ketones (excluding diaryl/α,β-unsaturated/α-hetero) is 1. The number of aromatic carboxylic acids is 1. The number of carboxylic acids is 1. The van der Waals surface area contributed by atoms with Crippen LogP contribution in [0.3, 0.4) is 0 Å². The molecule has 0 bridgehead atoms. The fraction of sp³-hybridized carbons (Fsp3) is 0.111. The van der Waals surface area contributed by atoms with E-state index in [1.54, 1.807) is 0 Å². The zero-order valence-electron chi connectivity index (χ0n) is 7.78. The molecule has 86 valence electrons. The molecule has 1 rings (SSSR count). The summed E-state index contributed by atoms with van der Waals surface area (Å²) >= 11 is 0. The van der Waals surface area contributed by atoms with Gasteiger partial charge in [0.25, 0.3) is 0 Å². The van der Waals surface area contributed by atoms with Crippen molar-refractivity contribution in [2.75, 3.05) is 0 Å². The van der Waals surface area contributed by atoms with Crippen LogP contribution in [0.25, 0.3) is 0 Å². The third-order valence-corrected chi connectivity index (χ3v) is 1.83. The highest BCUT2D eigenvalue weighted by atomic mass is 19.2. The van der Waals surface area contributed by atoms with Crippen LogP contribution in [0, 0.1) is 23.3 Å². The molecule has 3 nitrogen and oxygen atoms in total. The summed E-state index contributed by atoms with van der Waals surface area (Å²) in [5, 5.41) is 8.49. The largest absolute Gasteiger partial charge is 0.478 e. The van der Waals surface area contributed by atoms with E-state index >= 15 is 0 Å². The highest BCUT2D eigenvalue weighted by Crippen LogP contribution is 2.24. The van der Waals surface area contributed by atoms with Gasteiger partial charge in [-0.05, 0) is 6.92 Å². The van der Waals surface area contributed by atoms with E-state index in [4.69, 9.17) is 5.11 Å². The van der Waals surface area contributed by atoms with Gasteiger partial charge in [0.1, 0.15) is 5.56 Å². The topological polar surface area (TPSA) is 54.4 Å². The van der Waals surface area contributed by atoms with Gasteiger partial charge in [-0.15, -0.1) is 0 Å². The van der Waals surface area contributed by atoms with Crippen LogP contribution in [-0.2, 0) is 0 Å². The van der Waals surface area contributed by atoms with Crippen molar-refractivity contribution in [2.45, 2.75) is 6.92 Å². The summed E-state index contributed by atoms with van der Waals surface area (Å²) in [6, 6.07) is 0. The highest BCUT2D eigenvalue weighted by molar-refractivity contribution is 6.05. The van der Waals surface area contributed by atoms with Crippen molar-refractivity contribution in [3.05, 3.63) is 34.4 Å². The van der Waals surface area contributed by atoms with E-state index < -0.39 is 46.1 Å². The molecule has 0 heterocycles. The predicted molar refractivity (Wildman–Crippen MR) is 43.2 cm³/mol. The molecule has 0 spiro atoms. The lowest BCUT2D eigenvalue weighted by atomic mass is 10.0. The maximum Gasteiger partial charge on any atom is 0.339 e. The van der Waals surface area contributed by atoms with Gasteiger partial charge in [0.2, 0.25) is 0 Å². The van der Waals surface area contributed by atoms with Crippen molar-refractivity contribution in [2.24, 2.45) is 0 Å². The minimum absolute atomic E-state index is 0.710. The average molecular weight is 236 g/mol. The fourth-order valence-corrected chi connectivity index (χ4v) is 1.16. The lowest BCUT2D eigenvalue weighted by Gasteiger charge is -2.07. The van der Waals surface area contributed by atoms with Gasteiger partial charge in [0, 0.05) is 0 Å². The molecular weight excluding hydrogens is 232 g/mol. The number of rotatable bonds is 2. The first-order valence-electron chi connectivity index (χ1n) is 3.89. The highest BCUT2D eigenvalue weighted by Gasteiger charge is 2.30. The predicted octanol–water partition coefficient (Wildman–Crippen LogP) is 2.14. The van der Waals surface area contributed by atoms with Crippen LogP contribution in [-0.4, -0.2) is 16.9 Å². The fourth-order valence-electron chi connectivity index (χ4n) is 1.16. The van der Waals surface area contributed by atoms with Crippen LogP contribution in [0.5, 0.6) is 0 Å². The van der Waals surface area contributed by atoms with E-state index in [1.807, 2.05) is 0 Å². The summed E-state index contributed by atoms with van der Waals surface area (Å²) in [7, 11) is 0. The zero-order chi connectivity index (χ0) is 12.6. The molecule has 0 saturated carbocycles. The Morgan fingerprint density at radius 3 is 1.56 bits per heavy atom. The van der Waals surface area contributed by atoms with Gasteiger partial charge >= 0.3 is 5.97 Å². The number of carboxylic acid groups (broad SMARTS) is 1. The van der Waals surface area contributed by atoms with Gasteiger partial charge in [-0.2, -0.15) is 0 Å². The summed E-state index contributed by atoms with van der Waals surface area (Å²) in [5.74, 6) is -11.9. The molecule has 7 heteroatoms. The normalized spacial score (nSPS) is 10.3. The number of hydrogen-bond acceptors (Lipinski definition) is 2. The molecule has 0 atom stereocenters. The van der Waals surface area contributed by atoms with Gasteiger partial charge in [0.05, 0.1) is 5.56 Å². The molecule has 0 radical (unpaired) electrons. The first kappa shape index (κ1) is 12.2. The van der Waals surface area contributed by atoms with Gasteiger partial charge in [-0.25, -0.2) is 22.4 Å². The summed E-state index contributed by atoms with van der Waals surface area (Å²) < 4.78 is 51.5. The second kappa shape index (κ2) is 3.92. The smallest absolute Gasteiger partial charge is 0.339 e. The molecule has 0 unspecified atom stereocenters. The lowest BCUT2D eigenvalue weighted by molar-refractivity contribution is 0.0684. The Bertz CT molecular complexity index is 451. The van der Waals surface area contributed by atoms with Crippen LogP contribution in [0.1, 0.15) is 27.6 Å². The maximum atomic E-state index is 13.0. The molecule has 1 aromatic rings. The van der Waals surface area contributed by atoms with E-state index in [0.717, 1.165) is 0 Å². The number of carbonyl (C=O) groups excluding carboxylic acids is 1. The Labute approximate surface area is 86.3 Å². The third kappa shape index (κ3) is 1.64. The summed E-state index contributed by atoms with van der Waals surface area (Å²) in [5.41, 5.74) is -2.83. The maximum absolute atomic E-state index is 13.0. The van der Waals surface area contributed by atoms with Crippen molar-refractivity contribution < 1.29 is 32.3 Å². The lowest BCUT2D eigenvalue weighted by Crippen LogP contribution is -2.16. The summed E-state index contributed by atoms with van der Waals surface area (Å²) in [6.45, 7) is 0.710. The van der Waals surface area contributed by atoms with E-state index in [2.05, 4.69) is 0 Å². The zero-order valence-corrected chi connectivity index (χ0v) is 7.78. The van der Waals surface area contributed by atoms with Crippen LogP contribution in [0.2, 0.25) is 0 Å². The number of hydrogen-bond donors (Lipinski definition) is 1. The van der Waals surface area contributed by atoms with Crippen molar-refractivity contribution in [1.29, 1.82) is 0 Å².